The second kappa shape index (κ2) is 6.55. The molecule has 0 amide bonds. The van der Waals surface area contributed by atoms with Crippen molar-refractivity contribution >= 4 is 17.3 Å². The highest BCUT2D eigenvalue weighted by molar-refractivity contribution is 5.75. The van der Waals surface area contributed by atoms with Gasteiger partial charge in [0, 0.05) is 23.3 Å². The van der Waals surface area contributed by atoms with Crippen LogP contribution >= 0.6 is 0 Å². The summed E-state index contributed by atoms with van der Waals surface area (Å²) in [6, 6.07) is 10.8. The maximum Gasteiger partial charge on any atom is 0.288 e. The molecular weight excluding hydrogens is 395 g/mol. The van der Waals surface area contributed by atoms with Crippen LogP contribution in [0.15, 0.2) is 53.3 Å². The average molecular weight is 406 g/mol. The molecular formula is C18H11FN8O3. The Kier molecular flexibility index (Phi) is 3.84. The maximum atomic E-state index is 14.0. The predicted molar refractivity (Wildman–Crippen MR) is 102 cm³/mol. The number of aromatic nitrogens is 6. The van der Waals surface area contributed by atoms with Crippen molar-refractivity contribution in [3.63, 3.8) is 0 Å². The zero-order chi connectivity index (χ0) is 20.8. The fraction of sp³-hybridized carbons (Fsp3) is 0.0556. The second-order valence-corrected chi connectivity index (χ2v) is 6.52. The first kappa shape index (κ1) is 17.6. The van der Waals surface area contributed by atoms with E-state index in [2.05, 4.69) is 31.0 Å². The average Bonchev–Trinajstić information content (AvgIpc) is 3.21. The van der Waals surface area contributed by atoms with Crippen LogP contribution < -0.4 is 10.9 Å². The summed E-state index contributed by atoms with van der Waals surface area (Å²) < 4.78 is 15.4. The van der Waals surface area contributed by atoms with Crippen LogP contribution in [0.1, 0.15) is 17.2 Å². The second-order valence-electron chi connectivity index (χ2n) is 6.52. The van der Waals surface area contributed by atoms with Gasteiger partial charge < -0.3 is 5.32 Å². The number of hydrogen-bond acceptors (Lipinski definition) is 8. The first-order valence-electron chi connectivity index (χ1n) is 8.70. The van der Waals surface area contributed by atoms with Crippen LogP contribution in [-0.4, -0.2) is 35.3 Å². The van der Waals surface area contributed by atoms with Crippen molar-refractivity contribution in [1.29, 1.82) is 0 Å². The van der Waals surface area contributed by atoms with Crippen molar-refractivity contribution in [2.75, 3.05) is 5.32 Å². The minimum absolute atomic E-state index is 0.0837. The zero-order valence-corrected chi connectivity index (χ0v) is 15.0. The quantitative estimate of drug-likeness (QED) is 0.343. The molecule has 11 nitrogen and oxygen atoms in total. The SMILES string of the molecule is O=c1[nH]nc(-c2ccc([N+](=O)[O-])cc2)c2c1Nc1nnnn1[C@H]2c1cccc(F)c1. The Labute approximate surface area is 166 Å². The molecule has 0 fully saturated rings. The van der Waals surface area contributed by atoms with E-state index in [1.807, 2.05) is 0 Å². The summed E-state index contributed by atoms with van der Waals surface area (Å²) in [4.78, 5) is 23.0. The third kappa shape index (κ3) is 2.70. The van der Waals surface area contributed by atoms with E-state index in [1.54, 1.807) is 12.1 Å². The number of H-pyrrole nitrogens is 1. The van der Waals surface area contributed by atoms with Crippen LogP contribution in [0.2, 0.25) is 0 Å². The number of anilines is 2. The number of non-ortho nitro benzene ring substituents is 1. The van der Waals surface area contributed by atoms with Gasteiger partial charge in [0.15, 0.2) is 0 Å². The molecule has 2 aromatic heterocycles. The number of nitrogens with one attached hydrogen (secondary N) is 2. The molecule has 148 valence electrons. The fourth-order valence-electron chi connectivity index (χ4n) is 3.48. The normalized spacial score (nSPS) is 14.5. The molecule has 1 atom stereocenters. The predicted octanol–water partition coefficient (Wildman–Crippen LogP) is 2.17. The Bertz CT molecular complexity index is 1350. The lowest BCUT2D eigenvalue weighted by Crippen LogP contribution is -2.29. The summed E-state index contributed by atoms with van der Waals surface area (Å²) in [6.45, 7) is 0. The summed E-state index contributed by atoms with van der Waals surface area (Å²) in [5, 5.41) is 32.0. The molecule has 0 unspecified atom stereocenters. The summed E-state index contributed by atoms with van der Waals surface area (Å²) >= 11 is 0. The number of nitro groups is 1. The molecule has 12 heteroatoms. The van der Waals surface area contributed by atoms with E-state index in [4.69, 9.17) is 0 Å². The number of halogens is 1. The number of aromatic amines is 1. The molecule has 0 saturated heterocycles. The summed E-state index contributed by atoms with van der Waals surface area (Å²) in [7, 11) is 0. The molecule has 4 aromatic rings. The molecule has 0 bridgehead atoms. The first-order valence-corrected chi connectivity index (χ1v) is 8.70. The van der Waals surface area contributed by atoms with Crippen molar-refractivity contribution in [2.45, 2.75) is 6.04 Å². The van der Waals surface area contributed by atoms with Gasteiger partial charge in [0.1, 0.15) is 17.5 Å². The highest BCUT2D eigenvalue weighted by Gasteiger charge is 2.34. The van der Waals surface area contributed by atoms with Crippen LogP contribution in [0.4, 0.5) is 21.7 Å². The van der Waals surface area contributed by atoms with Gasteiger partial charge >= 0.3 is 0 Å². The molecule has 2 N–H and O–H groups in total. The molecule has 0 spiro atoms. The molecule has 0 saturated carbocycles. The number of nitrogens with zero attached hydrogens (tertiary/aromatic N) is 6. The van der Waals surface area contributed by atoms with E-state index in [9.17, 15) is 19.3 Å². The third-order valence-corrected chi connectivity index (χ3v) is 4.78. The lowest BCUT2D eigenvalue weighted by atomic mass is 9.92. The third-order valence-electron chi connectivity index (χ3n) is 4.78. The van der Waals surface area contributed by atoms with Gasteiger partial charge in [0.25, 0.3) is 11.2 Å². The lowest BCUT2D eigenvalue weighted by Gasteiger charge is -2.27. The Morgan fingerprint density at radius 3 is 2.70 bits per heavy atom. The van der Waals surface area contributed by atoms with Crippen molar-refractivity contribution < 1.29 is 9.31 Å². The Morgan fingerprint density at radius 1 is 1.17 bits per heavy atom. The Hall–Kier alpha value is -4.48. The maximum absolute atomic E-state index is 14.0. The summed E-state index contributed by atoms with van der Waals surface area (Å²) in [5.41, 5.74) is 1.36. The molecule has 5 rings (SSSR count). The van der Waals surface area contributed by atoms with Crippen LogP contribution in [0.3, 0.4) is 0 Å². The van der Waals surface area contributed by atoms with E-state index < -0.39 is 22.3 Å². The number of tetrazole rings is 1. The van der Waals surface area contributed by atoms with Gasteiger partial charge in [-0.3, -0.25) is 14.9 Å². The molecule has 1 aliphatic heterocycles. The minimum atomic E-state index is -0.748. The van der Waals surface area contributed by atoms with Crippen LogP contribution in [0.5, 0.6) is 0 Å². The summed E-state index contributed by atoms with van der Waals surface area (Å²) in [5.74, 6) is -0.250. The minimum Gasteiger partial charge on any atom is -0.318 e. The van der Waals surface area contributed by atoms with Crippen molar-refractivity contribution in [1.82, 2.24) is 30.4 Å². The van der Waals surface area contributed by atoms with E-state index in [0.717, 1.165) is 0 Å². The molecule has 3 heterocycles. The smallest absolute Gasteiger partial charge is 0.288 e. The van der Waals surface area contributed by atoms with Crippen LogP contribution in [0, 0.1) is 15.9 Å². The van der Waals surface area contributed by atoms with E-state index in [1.165, 1.54) is 41.1 Å². The number of rotatable bonds is 3. The number of benzene rings is 2. The molecule has 30 heavy (non-hydrogen) atoms. The number of nitro benzene ring substituents is 1. The number of hydrogen-bond donors (Lipinski definition) is 2. The fourth-order valence-corrected chi connectivity index (χ4v) is 3.48. The molecule has 0 radical (unpaired) electrons. The van der Waals surface area contributed by atoms with Gasteiger partial charge in [-0.05, 0) is 40.3 Å². The molecule has 0 aliphatic carbocycles. The standard InChI is InChI=1S/C18H11FN8O3/c19-11-3-1-2-10(8-11)16-13-14(9-4-6-12(7-5-9)27(29)30)21-22-17(28)15(13)20-18-23-24-25-26(16)18/h1-8,16H,(H,22,28)(H,20,23,25)/t16-/m0/s1. The van der Waals surface area contributed by atoms with Gasteiger partial charge in [-0.2, -0.15) is 9.78 Å². The lowest BCUT2D eigenvalue weighted by molar-refractivity contribution is -0.384. The molecule has 1 aliphatic rings. The van der Waals surface area contributed by atoms with Crippen molar-refractivity contribution in [3.05, 3.63) is 85.9 Å². The van der Waals surface area contributed by atoms with E-state index >= 15 is 0 Å². The van der Waals surface area contributed by atoms with Crippen LogP contribution in [-0.2, 0) is 0 Å². The van der Waals surface area contributed by atoms with Gasteiger partial charge in [-0.15, -0.1) is 0 Å². The van der Waals surface area contributed by atoms with E-state index in [-0.39, 0.29) is 17.3 Å². The highest BCUT2D eigenvalue weighted by atomic mass is 19.1. The van der Waals surface area contributed by atoms with Crippen molar-refractivity contribution in [3.8, 4) is 11.3 Å². The Morgan fingerprint density at radius 2 is 1.97 bits per heavy atom. The van der Waals surface area contributed by atoms with Gasteiger partial charge in [-0.1, -0.05) is 17.2 Å². The monoisotopic (exact) mass is 406 g/mol. The van der Waals surface area contributed by atoms with Crippen molar-refractivity contribution in [2.24, 2.45) is 0 Å². The topological polar surface area (TPSA) is 145 Å². The highest BCUT2D eigenvalue weighted by Crippen LogP contribution is 2.41. The summed E-state index contributed by atoms with van der Waals surface area (Å²) in [6.07, 6.45) is 0. The van der Waals surface area contributed by atoms with Crippen LogP contribution in [0.25, 0.3) is 11.3 Å². The van der Waals surface area contributed by atoms with Gasteiger partial charge in [-0.25, -0.2) is 9.49 Å². The largest absolute Gasteiger partial charge is 0.318 e. The number of fused-ring (bicyclic) bond motifs is 2. The zero-order valence-electron chi connectivity index (χ0n) is 15.0. The van der Waals surface area contributed by atoms with Gasteiger partial charge in [0.2, 0.25) is 5.95 Å². The Balaban J connectivity index is 1.78. The van der Waals surface area contributed by atoms with E-state index in [0.29, 0.717) is 22.4 Å². The van der Waals surface area contributed by atoms with Gasteiger partial charge in [0.05, 0.1) is 10.6 Å². The first-order chi connectivity index (χ1) is 14.5. The molecule has 2 aromatic carbocycles.